The van der Waals surface area contributed by atoms with Crippen molar-refractivity contribution in [3.05, 3.63) is 88.3 Å². The summed E-state index contributed by atoms with van der Waals surface area (Å²) in [4.78, 5) is 0. The molecule has 7 heteroatoms. The van der Waals surface area contributed by atoms with Crippen LogP contribution in [0, 0.1) is 0 Å². The molecule has 0 bridgehead atoms. The number of hydrogen-bond acceptors (Lipinski definition) is 3. The van der Waals surface area contributed by atoms with Crippen LogP contribution in [0.4, 0.5) is 0 Å². The first-order valence-corrected chi connectivity index (χ1v) is 9.67. The Kier molecular flexibility index (Phi) is 5.37. The lowest BCUT2D eigenvalue weighted by Crippen LogP contribution is -2.03. The molecule has 0 aliphatic carbocycles. The number of nitrogens with zero attached hydrogens (tertiary/aromatic N) is 4. The van der Waals surface area contributed by atoms with Crippen molar-refractivity contribution < 1.29 is 4.74 Å². The Hall–Kier alpha value is -2.76. The highest BCUT2D eigenvalue weighted by molar-refractivity contribution is 6.34. The van der Waals surface area contributed by atoms with E-state index >= 15 is 0 Å². The van der Waals surface area contributed by atoms with Crippen molar-refractivity contribution >= 4 is 23.2 Å². The summed E-state index contributed by atoms with van der Waals surface area (Å²) in [6, 6.07) is 16.9. The van der Waals surface area contributed by atoms with Gasteiger partial charge < -0.3 is 4.74 Å². The van der Waals surface area contributed by atoms with Gasteiger partial charge in [0.15, 0.2) is 0 Å². The van der Waals surface area contributed by atoms with E-state index in [1.54, 1.807) is 24.4 Å². The van der Waals surface area contributed by atoms with E-state index in [0.29, 0.717) is 28.2 Å². The molecule has 0 N–H and O–H groups in total. The van der Waals surface area contributed by atoms with E-state index < -0.39 is 0 Å². The van der Waals surface area contributed by atoms with Crippen LogP contribution in [0.25, 0.3) is 5.69 Å². The van der Waals surface area contributed by atoms with Crippen LogP contribution in [0.1, 0.15) is 18.2 Å². The molecule has 0 amide bonds. The Morgan fingerprint density at radius 2 is 1.75 bits per heavy atom. The lowest BCUT2D eigenvalue weighted by molar-refractivity contribution is 0.440. The monoisotopic (exact) mass is 412 g/mol. The van der Waals surface area contributed by atoms with Crippen molar-refractivity contribution in [2.45, 2.75) is 19.9 Å². The Morgan fingerprint density at radius 1 is 1.00 bits per heavy atom. The van der Waals surface area contributed by atoms with Crippen LogP contribution in [0.3, 0.4) is 0 Å². The molecule has 0 aliphatic rings. The number of benzene rings is 2. The third-order valence-corrected chi connectivity index (χ3v) is 4.73. The predicted molar refractivity (Wildman–Crippen MR) is 111 cm³/mol. The first-order valence-electron chi connectivity index (χ1n) is 8.91. The van der Waals surface area contributed by atoms with Gasteiger partial charge in [-0.2, -0.15) is 10.2 Å². The second-order valence-corrected chi connectivity index (χ2v) is 7.12. The van der Waals surface area contributed by atoms with Gasteiger partial charge in [-0.1, -0.05) is 48.3 Å². The van der Waals surface area contributed by atoms with E-state index in [9.17, 15) is 0 Å². The average molecular weight is 413 g/mol. The fraction of sp³-hybridized carbons (Fsp3) is 0.143. The van der Waals surface area contributed by atoms with Crippen LogP contribution < -0.4 is 4.74 Å². The van der Waals surface area contributed by atoms with Crippen LogP contribution in [0.2, 0.25) is 10.0 Å². The van der Waals surface area contributed by atoms with E-state index in [-0.39, 0.29) is 0 Å². The van der Waals surface area contributed by atoms with E-state index in [0.717, 1.165) is 23.4 Å². The molecule has 28 heavy (non-hydrogen) atoms. The van der Waals surface area contributed by atoms with E-state index in [1.807, 2.05) is 52.0 Å². The van der Waals surface area contributed by atoms with Gasteiger partial charge in [-0.25, -0.2) is 4.68 Å². The summed E-state index contributed by atoms with van der Waals surface area (Å²) in [5.41, 5.74) is 2.82. The Balaban J connectivity index is 1.82. The molecule has 142 valence electrons. The minimum absolute atomic E-state index is 0.517. The largest absolute Gasteiger partial charge is 0.438 e. The van der Waals surface area contributed by atoms with Crippen LogP contribution in [0.15, 0.2) is 67.0 Å². The van der Waals surface area contributed by atoms with E-state index in [2.05, 4.69) is 12.0 Å². The van der Waals surface area contributed by atoms with Gasteiger partial charge >= 0.3 is 0 Å². The smallest absolute Gasteiger partial charge is 0.226 e. The van der Waals surface area contributed by atoms with Gasteiger partial charge in [0.1, 0.15) is 5.75 Å². The zero-order valence-electron chi connectivity index (χ0n) is 15.2. The average Bonchev–Trinajstić information content (AvgIpc) is 3.30. The molecule has 2 heterocycles. The highest BCUT2D eigenvalue weighted by atomic mass is 35.5. The van der Waals surface area contributed by atoms with Crippen LogP contribution in [-0.2, 0) is 13.0 Å². The minimum Gasteiger partial charge on any atom is -0.438 e. The molecule has 4 aromatic rings. The molecule has 0 spiro atoms. The second kappa shape index (κ2) is 8.09. The SMILES string of the molecule is CCc1c(Cn2cccn2)nn(-c2ccccc2)c1Oc1cc(Cl)cc(Cl)c1. The summed E-state index contributed by atoms with van der Waals surface area (Å²) in [6.45, 7) is 2.64. The summed E-state index contributed by atoms with van der Waals surface area (Å²) in [7, 11) is 0. The maximum absolute atomic E-state index is 6.25. The molecule has 0 radical (unpaired) electrons. The first-order chi connectivity index (χ1) is 13.6. The molecule has 0 saturated heterocycles. The molecule has 5 nitrogen and oxygen atoms in total. The summed E-state index contributed by atoms with van der Waals surface area (Å²) >= 11 is 12.3. The van der Waals surface area contributed by atoms with Crippen LogP contribution in [0.5, 0.6) is 11.6 Å². The van der Waals surface area contributed by atoms with Gasteiger partial charge in [-0.05, 0) is 42.8 Å². The Bertz CT molecular complexity index is 1060. The lowest BCUT2D eigenvalue weighted by atomic mass is 10.2. The quantitative estimate of drug-likeness (QED) is 0.403. The van der Waals surface area contributed by atoms with Crippen molar-refractivity contribution in [3.8, 4) is 17.3 Å². The van der Waals surface area contributed by atoms with Crippen molar-refractivity contribution in [1.82, 2.24) is 19.6 Å². The lowest BCUT2D eigenvalue weighted by Gasteiger charge is -2.11. The number of para-hydroxylation sites is 1. The highest BCUT2D eigenvalue weighted by Crippen LogP contribution is 2.34. The fourth-order valence-corrected chi connectivity index (χ4v) is 3.56. The van der Waals surface area contributed by atoms with Crippen molar-refractivity contribution in [1.29, 1.82) is 0 Å². The molecule has 0 saturated carbocycles. The summed E-state index contributed by atoms with van der Waals surface area (Å²) in [5.74, 6) is 1.21. The fourth-order valence-electron chi connectivity index (χ4n) is 3.06. The summed E-state index contributed by atoms with van der Waals surface area (Å²) in [6.07, 6.45) is 4.43. The summed E-state index contributed by atoms with van der Waals surface area (Å²) < 4.78 is 9.91. The molecule has 0 aliphatic heterocycles. The molecule has 0 fully saturated rings. The standard InChI is InChI=1S/C21H18Cl2N4O/c1-2-19-20(14-26-10-6-9-24-26)25-27(17-7-4-3-5-8-17)21(19)28-18-12-15(22)11-16(23)13-18/h3-13H,2,14H2,1H3. The van der Waals surface area contributed by atoms with Gasteiger partial charge in [-0.3, -0.25) is 4.68 Å². The molecular weight excluding hydrogens is 395 g/mol. The molecule has 0 atom stereocenters. The summed E-state index contributed by atoms with van der Waals surface area (Å²) in [5, 5.41) is 10.2. The Morgan fingerprint density at radius 3 is 2.39 bits per heavy atom. The number of rotatable bonds is 6. The number of ether oxygens (including phenoxy) is 1. The zero-order chi connectivity index (χ0) is 19.5. The third kappa shape index (κ3) is 3.91. The van der Waals surface area contributed by atoms with E-state index in [1.165, 1.54) is 0 Å². The first kappa shape index (κ1) is 18.6. The minimum atomic E-state index is 0.517. The van der Waals surface area contributed by atoms with Crippen LogP contribution in [-0.4, -0.2) is 19.6 Å². The third-order valence-electron chi connectivity index (χ3n) is 4.30. The van der Waals surface area contributed by atoms with E-state index in [4.69, 9.17) is 33.0 Å². The van der Waals surface area contributed by atoms with Gasteiger partial charge in [0, 0.05) is 28.0 Å². The molecule has 4 rings (SSSR count). The van der Waals surface area contributed by atoms with Crippen molar-refractivity contribution in [2.24, 2.45) is 0 Å². The maximum Gasteiger partial charge on any atom is 0.226 e. The molecule has 0 unspecified atom stereocenters. The number of aromatic nitrogens is 4. The molecule has 2 aromatic heterocycles. The number of halogens is 2. The van der Waals surface area contributed by atoms with Crippen LogP contribution >= 0.6 is 23.2 Å². The normalized spacial score (nSPS) is 11.0. The zero-order valence-corrected chi connectivity index (χ0v) is 16.7. The van der Waals surface area contributed by atoms with Crippen molar-refractivity contribution in [3.63, 3.8) is 0 Å². The van der Waals surface area contributed by atoms with Crippen molar-refractivity contribution in [2.75, 3.05) is 0 Å². The van der Waals surface area contributed by atoms with Gasteiger partial charge in [0.05, 0.1) is 17.9 Å². The highest BCUT2D eigenvalue weighted by Gasteiger charge is 2.20. The number of hydrogen-bond donors (Lipinski definition) is 0. The van der Waals surface area contributed by atoms with Gasteiger partial charge in [0.25, 0.3) is 0 Å². The maximum atomic E-state index is 6.25. The van der Waals surface area contributed by atoms with Gasteiger partial charge in [0.2, 0.25) is 5.88 Å². The molecule has 2 aromatic carbocycles. The second-order valence-electron chi connectivity index (χ2n) is 6.24. The molecular formula is C21H18Cl2N4O. The topological polar surface area (TPSA) is 44.9 Å². The Labute approximate surface area is 173 Å². The predicted octanol–water partition coefficient (Wildman–Crippen LogP) is 5.78. The van der Waals surface area contributed by atoms with Gasteiger partial charge in [-0.15, -0.1) is 0 Å².